The molecule has 0 fully saturated rings. The summed E-state index contributed by atoms with van der Waals surface area (Å²) in [6, 6.07) is 18.6. The van der Waals surface area contributed by atoms with Crippen LogP contribution < -0.4 is 11.1 Å². The van der Waals surface area contributed by atoms with Crippen LogP contribution in [-0.2, 0) is 4.79 Å². The van der Waals surface area contributed by atoms with Gasteiger partial charge in [0.15, 0.2) is 5.78 Å². The number of hydrogen-bond donors (Lipinski definition) is 2. The molecule has 0 bridgehead atoms. The van der Waals surface area contributed by atoms with E-state index in [2.05, 4.69) is 5.32 Å². The second kappa shape index (κ2) is 9.77. The Balaban J connectivity index is 0.00000264. The standard InChI is InChI=1S/C18H20N2O2.ClH/c19-13-18(22)20-16(14-7-3-1-4-8-14)11-12-17(21)15-9-5-2-6-10-15;/h1-10,16H,11-13,19H2,(H,20,22);1H/t16-;/m1./s1. The van der Waals surface area contributed by atoms with Gasteiger partial charge >= 0.3 is 0 Å². The maximum absolute atomic E-state index is 12.2. The molecule has 3 N–H and O–H groups in total. The first-order valence-corrected chi connectivity index (χ1v) is 7.33. The number of amides is 1. The van der Waals surface area contributed by atoms with E-state index in [0.29, 0.717) is 18.4 Å². The zero-order valence-corrected chi connectivity index (χ0v) is 13.6. The fourth-order valence-electron chi connectivity index (χ4n) is 2.30. The van der Waals surface area contributed by atoms with E-state index in [-0.39, 0.29) is 36.7 Å². The highest BCUT2D eigenvalue weighted by Crippen LogP contribution is 2.19. The Kier molecular flexibility index (Phi) is 8.02. The zero-order chi connectivity index (χ0) is 15.8. The van der Waals surface area contributed by atoms with Gasteiger partial charge in [0.2, 0.25) is 5.91 Å². The number of Topliss-reactive ketones (excluding diaryl/α,β-unsaturated/α-hetero) is 1. The fraction of sp³-hybridized carbons (Fsp3) is 0.222. The minimum absolute atomic E-state index is 0. The summed E-state index contributed by atoms with van der Waals surface area (Å²) in [6.07, 6.45) is 0.915. The lowest BCUT2D eigenvalue weighted by Gasteiger charge is -2.18. The van der Waals surface area contributed by atoms with Gasteiger partial charge in [0.05, 0.1) is 12.6 Å². The average Bonchev–Trinajstić information content (AvgIpc) is 2.59. The number of carbonyl (C=O) groups is 2. The summed E-state index contributed by atoms with van der Waals surface area (Å²) in [5.74, 6) is -0.149. The average molecular weight is 333 g/mol. The SMILES string of the molecule is Cl.NCC(=O)N[C@H](CCC(=O)c1ccccc1)c1ccccc1. The Morgan fingerprint density at radius 1 is 0.957 bits per heavy atom. The second-order valence-electron chi connectivity index (χ2n) is 5.06. The van der Waals surface area contributed by atoms with E-state index >= 15 is 0 Å². The number of benzene rings is 2. The molecule has 0 aromatic heterocycles. The van der Waals surface area contributed by atoms with Crippen LogP contribution in [-0.4, -0.2) is 18.2 Å². The van der Waals surface area contributed by atoms with Crippen molar-refractivity contribution in [1.29, 1.82) is 0 Å². The van der Waals surface area contributed by atoms with Gasteiger partial charge in [0.1, 0.15) is 0 Å². The third-order valence-electron chi connectivity index (χ3n) is 3.48. The number of carbonyl (C=O) groups excluding carboxylic acids is 2. The van der Waals surface area contributed by atoms with Gasteiger partial charge < -0.3 is 11.1 Å². The van der Waals surface area contributed by atoms with Crippen LogP contribution in [0.4, 0.5) is 0 Å². The molecule has 5 heteroatoms. The van der Waals surface area contributed by atoms with Gasteiger partial charge in [-0.3, -0.25) is 9.59 Å². The zero-order valence-electron chi connectivity index (χ0n) is 12.8. The number of rotatable bonds is 7. The van der Waals surface area contributed by atoms with Crippen LogP contribution in [0.5, 0.6) is 0 Å². The van der Waals surface area contributed by atoms with E-state index < -0.39 is 0 Å². The molecular weight excluding hydrogens is 312 g/mol. The molecule has 4 nitrogen and oxygen atoms in total. The first kappa shape index (κ1) is 18.9. The van der Waals surface area contributed by atoms with Crippen molar-refractivity contribution in [3.63, 3.8) is 0 Å². The third-order valence-corrected chi connectivity index (χ3v) is 3.48. The molecule has 2 aromatic rings. The van der Waals surface area contributed by atoms with Crippen molar-refractivity contribution < 1.29 is 9.59 Å². The van der Waals surface area contributed by atoms with E-state index in [9.17, 15) is 9.59 Å². The molecule has 1 amide bonds. The Morgan fingerprint density at radius 3 is 2.09 bits per heavy atom. The second-order valence-corrected chi connectivity index (χ2v) is 5.06. The van der Waals surface area contributed by atoms with Gasteiger partial charge in [-0.25, -0.2) is 0 Å². The maximum Gasteiger partial charge on any atom is 0.234 e. The molecule has 1 atom stereocenters. The Labute approximate surface area is 142 Å². The Morgan fingerprint density at radius 2 is 1.52 bits per heavy atom. The van der Waals surface area contributed by atoms with Crippen LogP contribution in [0.2, 0.25) is 0 Å². The first-order chi connectivity index (χ1) is 10.7. The molecule has 0 unspecified atom stereocenters. The van der Waals surface area contributed by atoms with E-state index in [4.69, 9.17) is 5.73 Å². The Bertz CT molecular complexity index is 617. The van der Waals surface area contributed by atoms with Gasteiger partial charge in [-0.1, -0.05) is 60.7 Å². The minimum atomic E-state index is -0.221. The molecule has 2 aromatic carbocycles. The predicted molar refractivity (Wildman–Crippen MR) is 93.6 cm³/mol. The highest BCUT2D eigenvalue weighted by Gasteiger charge is 2.16. The molecule has 0 saturated carbocycles. The quantitative estimate of drug-likeness (QED) is 0.766. The lowest BCUT2D eigenvalue weighted by atomic mass is 9.98. The van der Waals surface area contributed by atoms with E-state index in [1.54, 1.807) is 12.1 Å². The molecule has 0 aliphatic carbocycles. The van der Waals surface area contributed by atoms with Crippen molar-refractivity contribution in [2.45, 2.75) is 18.9 Å². The summed E-state index contributed by atoms with van der Waals surface area (Å²) in [7, 11) is 0. The minimum Gasteiger partial charge on any atom is -0.348 e. The van der Waals surface area contributed by atoms with Crippen molar-refractivity contribution in [1.82, 2.24) is 5.32 Å². The van der Waals surface area contributed by atoms with Crippen molar-refractivity contribution >= 4 is 24.1 Å². The summed E-state index contributed by atoms with van der Waals surface area (Å²) >= 11 is 0. The summed E-state index contributed by atoms with van der Waals surface area (Å²) in [6.45, 7) is -0.0596. The molecule has 2 rings (SSSR count). The highest BCUT2D eigenvalue weighted by molar-refractivity contribution is 5.96. The summed E-state index contributed by atoms with van der Waals surface area (Å²) < 4.78 is 0. The largest absolute Gasteiger partial charge is 0.348 e. The predicted octanol–water partition coefficient (Wildman–Crippen LogP) is 2.89. The van der Waals surface area contributed by atoms with Crippen LogP contribution in [0.25, 0.3) is 0 Å². The normalized spacial score (nSPS) is 11.2. The number of ketones is 1. The van der Waals surface area contributed by atoms with Crippen LogP contribution >= 0.6 is 12.4 Å². The maximum atomic E-state index is 12.2. The van der Waals surface area contributed by atoms with Gasteiger partial charge in [-0.15, -0.1) is 12.4 Å². The van der Waals surface area contributed by atoms with Crippen LogP contribution in [0.15, 0.2) is 60.7 Å². The van der Waals surface area contributed by atoms with Crippen LogP contribution in [0.3, 0.4) is 0 Å². The van der Waals surface area contributed by atoms with Gasteiger partial charge in [-0.05, 0) is 12.0 Å². The highest BCUT2D eigenvalue weighted by atomic mass is 35.5. The molecule has 0 aliphatic heterocycles. The first-order valence-electron chi connectivity index (χ1n) is 7.33. The molecule has 0 spiro atoms. The van der Waals surface area contributed by atoms with E-state index in [1.165, 1.54) is 0 Å². The molecule has 0 heterocycles. The van der Waals surface area contributed by atoms with Crippen molar-refractivity contribution in [2.75, 3.05) is 6.54 Å². The van der Waals surface area contributed by atoms with Crippen molar-refractivity contribution in [2.24, 2.45) is 5.73 Å². The molecule has 0 saturated heterocycles. The fourth-order valence-corrected chi connectivity index (χ4v) is 2.30. The third kappa shape index (κ3) is 5.85. The van der Waals surface area contributed by atoms with E-state index in [0.717, 1.165) is 5.56 Å². The van der Waals surface area contributed by atoms with Gasteiger partial charge in [0, 0.05) is 12.0 Å². The number of halogens is 1. The summed E-state index contributed by atoms with van der Waals surface area (Å²) in [5, 5.41) is 2.87. The molecule has 0 aliphatic rings. The number of nitrogens with two attached hydrogens (primary N) is 1. The van der Waals surface area contributed by atoms with Crippen molar-refractivity contribution in [3.05, 3.63) is 71.8 Å². The lowest BCUT2D eigenvalue weighted by molar-refractivity contribution is -0.120. The van der Waals surface area contributed by atoms with E-state index in [1.807, 2.05) is 48.5 Å². The number of nitrogens with one attached hydrogen (secondary N) is 1. The number of hydrogen-bond acceptors (Lipinski definition) is 3. The monoisotopic (exact) mass is 332 g/mol. The Hall–Kier alpha value is -2.17. The lowest BCUT2D eigenvalue weighted by Crippen LogP contribution is -2.34. The summed E-state index contributed by atoms with van der Waals surface area (Å²) in [5.41, 5.74) is 7.04. The van der Waals surface area contributed by atoms with Gasteiger partial charge in [0.25, 0.3) is 0 Å². The van der Waals surface area contributed by atoms with Crippen LogP contribution in [0, 0.1) is 0 Å². The topological polar surface area (TPSA) is 72.2 Å². The smallest absolute Gasteiger partial charge is 0.234 e. The molecular formula is C18H21ClN2O2. The summed E-state index contributed by atoms with van der Waals surface area (Å²) in [4.78, 5) is 23.8. The molecule has 0 radical (unpaired) electrons. The van der Waals surface area contributed by atoms with Crippen molar-refractivity contribution in [3.8, 4) is 0 Å². The molecule has 122 valence electrons. The van der Waals surface area contributed by atoms with Crippen LogP contribution in [0.1, 0.15) is 34.8 Å². The molecule has 23 heavy (non-hydrogen) atoms. The van der Waals surface area contributed by atoms with Gasteiger partial charge in [-0.2, -0.15) is 0 Å².